The number of amides is 1. The molecule has 0 saturated carbocycles. The molecule has 0 radical (unpaired) electrons. The maximum atomic E-state index is 10.6. The Labute approximate surface area is 79.6 Å². The van der Waals surface area contributed by atoms with Crippen molar-refractivity contribution in [1.29, 1.82) is 0 Å². The van der Waals surface area contributed by atoms with E-state index < -0.39 is 11.9 Å². The minimum Gasteiger partial charge on any atom is -0.478 e. The molecule has 0 fully saturated rings. The lowest BCUT2D eigenvalue weighted by Gasteiger charge is -1.92. The number of carboxylic acid groups (broad SMARTS) is 1. The van der Waals surface area contributed by atoms with Crippen LogP contribution in [0.5, 0.6) is 0 Å². The van der Waals surface area contributed by atoms with E-state index in [1.165, 1.54) is 16.8 Å². The lowest BCUT2D eigenvalue weighted by Crippen LogP contribution is -2.12. The second kappa shape index (κ2) is 4.22. The number of primary amides is 1. The summed E-state index contributed by atoms with van der Waals surface area (Å²) in [6.07, 6.45) is 3.97. The van der Waals surface area contributed by atoms with Crippen LogP contribution in [0.2, 0.25) is 0 Å². The van der Waals surface area contributed by atoms with Gasteiger partial charge in [0.2, 0.25) is 0 Å². The van der Waals surface area contributed by atoms with Gasteiger partial charge in [0, 0.05) is 12.3 Å². The van der Waals surface area contributed by atoms with Crippen molar-refractivity contribution in [2.24, 2.45) is 5.73 Å². The standard InChI is InChI=1S/C8H9N3O3/c9-8(14)6-3-5-11(10-6)4-1-2-7(12)13/h1-3,5H,4H2,(H2,9,14)(H,12,13)/b2-1+. The Hall–Kier alpha value is -2.11. The molecular weight excluding hydrogens is 186 g/mol. The van der Waals surface area contributed by atoms with Crippen LogP contribution in [-0.2, 0) is 11.3 Å². The monoisotopic (exact) mass is 195 g/mol. The molecule has 14 heavy (non-hydrogen) atoms. The van der Waals surface area contributed by atoms with E-state index in [1.807, 2.05) is 0 Å². The second-order valence-corrected chi connectivity index (χ2v) is 2.53. The largest absolute Gasteiger partial charge is 0.478 e. The van der Waals surface area contributed by atoms with Crippen molar-refractivity contribution < 1.29 is 14.7 Å². The molecule has 1 aromatic rings. The van der Waals surface area contributed by atoms with Crippen molar-refractivity contribution in [3.05, 3.63) is 30.1 Å². The van der Waals surface area contributed by atoms with E-state index >= 15 is 0 Å². The van der Waals surface area contributed by atoms with Gasteiger partial charge in [-0.05, 0) is 6.07 Å². The number of carbonyl (C=O) groups is 2. The highest BCUT2D eigenvalue weighted by Gasteiger charge is 2.02. The van der Waals surface area contributed by atoms with Crippen LogP contribution in [0.4, 0.5) is 0 Å². The summed E-state index contributed by atoms with van der Waals surface area (Å²) >= 11 is 0. The van der Waals surface area contributed by atoms with E-state index in [4.69, 9.17) is 10.8 Å². The molecule has 6 heteroatoms. The van der Waals surface area contributed by atoms with Crippen molar-refractivity contribution >= 4 is 11.9 Å². The third kappa shape index (κ3) is 2.74. The SMILES string of the molecule is NC(=O)c1ccn(C/C=C/C(=O)O)n1. The number of aliphatic carboxylic acids is 1. The fraction of sp³-hybridized carbons (Fsp3) is 0.125. The maximum Gasteiger partial charge on any atom is 0.328 e. The third-order valence-corrected chi connectivity index (χ3v) is 1.45. The zero-order valence-electron chi connectivity index (χ0n) is 7.25. The number of carboxylic acids is 1. The van der Waals surface area contributed by atoms with Crippen LogP contribution in [0.25, 0.3) is 0 Å². The molecule has 0 spiro atoms. The molecule has 0 unspecified atom stereocenters. The summed E-state index contributed by atoms with van der Waals surface area (Å²) in [5, 5.41) is 12.1. The van der Waals surface area contributed by atoms with Gasteiger partial charge in [-0.1, -0.05) is 6.08 Å². The van der Waals surface area contributed by atoms with Crippen LogP contribution in [0, 0.1) is 0 Å². The van der Waals surface area contributed by atoms with Crippen LogP contribution in [-0.4, -0.2) is 26.8 Å². The molecule has 0 aliphatic rings. The minimum atomic E-state index is -1.02. The zero-order valence-corrected chi connectivity index (χ0v) is 7.25. The summed E-state index contributed by atoms with van der Waals surface area (Å²) in [7, 11) is 0. The molecule has 0 aliphatic heterocycles. The molecular formula is C8H9N3O3. The zero-order chi connectivity index (χ0) is 10.6. The quantitative estimate of drug-likeness (QED) is 0.640. The number of hydrogen-bond donors (Lipinski definition) is 2. The topological polar surface area (TPSA) is 98.2 Å². The Morgan fingerprint density at radius 2 is 2.36 bits per heavy atom. The number of aromatic nitrogens is 2. The summed E-state index contributed by atoms with van der Waals surface area (Å²) in [6, 6.07) is 1.47. The number of rotatable bonds is 4. The van der Waals surface area contributed by atoms with Crippen LogP contribution < -0.4 is 5.73 Å². The summed E-state index contributed by atoms with van der Waals surface area (Å²) in [5.41, 5.74) is 5.14. The minimum absolute atomic E-state index is 0.161. The van der Waals surface area contributed by atoms with Gasteiger partial charge in [-0.15, -0.1) is 0 Å². The lowest BCUT2D eigenvalue weighted by molar-refractivity contribution is -0.131. The number of hydrogen-bond acceptors (Lipinski definition) is 3. The van der Waals surface area contributed by atoms with Gasteiger partial charge in [0.1, 0.15) is 5.69 Å². The predicted octanol–water partition coefficient (Wildman–Crippen LogP) is -0.377. The Morgan fingerprint density at radius 3 is 2.86 bits per heavy atom. The highest BCUT2D eigenvalue weighted by molar-refractivity contribution is 5.90. The number of nitrogens with two attached hydrogens (primary N) is 1. The van der Waals surface area contributed by atoms with E-state index in [9.17, 15) is 9.59 Å². The Bertz CT molecular complexity index is 381. The van der Waals surface area contributed by atoms with Crippen LogP contribution in [0.15, 0.2) is 24.4 Å². The summed E-state index contributed by atoms with van der Waals surface area (Å²) in [6.45, 7) is 0.291. The van der Waals surface area contributed by atoms with Gasteiger partial charge in [-0.3, -0.25) is 9.48 Å². The van der Waals surface area contributed by atoms with E-state index in [-0.39, 0.29) is 5.69 Å². The molecule has 0 atom stereocenters. The van der Waals surface area contributed by atoms with Crippen LogP contribution >= 0.6 is 0 Å². The normalized spacial score (nSPS) is 10.6. The highest BCUT2D eigenvalue weighted by atomic mass is 16.4. The van der Waals surface area contributed by atoms with Gasteiger partial charge in [0.25, 0.3) is 5.91 Å². The van der Waals surface area contributed by atoms with Gasteiger partial charge in [0.05, 0.1) is 6.54 Å². The molecule has 0 aromatic carbocycles. The Morgan fingerprint density at radius 1 is 1.64 bits per heavy atom. The van der Waals surface area contributed by atoms with E-state index in [2.05, 4.69) is 5.10 Å². The van der Waals surface area contributed by atoms with Gasteiger partial charge >= 0.3 is 5.97 Å². The third-order valence-electron chi connectivity index (χ3n) is 1.45. The van der Waals surface area contributed by atoms with Gasteiger partial charge in [-0.25, -0.2) is 4.79 Å². The Kier molecular flexibility index (Phi) is 3.01. The first kappa shape index (κ1) is 9.97. The average Bonchev–Trinajstić information content (AvgIpc) is 2.52. The van der Waals surface area contributed by atoms with Crippen LogP contribution in [0.1, 0.15) is 10.5 Å². The summed E-state index contributed by atoms with van der Waals surface area (Å²) in [5.74, 6) is -1.63. The molecule has 1 amide bonds. The number of nitrogens with zero attached hydrogens (tertiary/aromatic N) is 2. The maximum absolute atomic E-state index is 10.6. The van der Waals surface area contributed by atoms with Gasteiger partial charge in [-0.2, -0.15) is 5.10 Å². The lowest BCUT2D eigenvalue weighted by atomic mass is 10.4. The molecule has 0 bridgehead atoms. The second-order valence-electron chi connectivity index (χ2n) is 2.53. The fourth-order valence-electron chi connectivity index (χ4n) is 0.856. The summed E-state index contributed by atoms with van der Waals surface area (Å²) < 4.78 is 1.42. The molecule has 74 valence electrons. The molecule has 1 rings (SSSR count). The van der Waals surface area contributed by atoms with Crippen molar-refractivity contribution in [1.82, 2.24) is 9.78 Å². The van der Waals surface area contributed by atoms with E-state index in [0.717, 1.165) is 6.08 Å². The first-order chi connectivity index (χ1) is 6.59. The van der Waals surface area contributed by atoms with E-state index in [0.29, 0.717) is 6.54 Å². The fourth-order valence-corrected chi connectivity index (χ4v) is 0.856. The Balaban J connectivity index is 2.60. The van der Waals surface area contributed by atoms with Crippen LogP contribution in [0.3, 0.4) is 0 Å². The highest BCUT2D eigenvalue weighted by Crippen LogP contribution is 1.94. The summed E-state index contributed by atoms with van der Waals surface area (Å²) in [4.78, 5) is 20.7. The first-order valence-corrected chi connectivity index (χ1v) is 3.82. The molecule has 1 aromatic heterocycles. The molecule has 6 nitrogen and oxygen atoms in total. The molecule has 0 aliphatic carbocycles. The van der Waals surface area contributed by atoms with Gasteiger partial charge in [0.15, 0.2) is 0 Å². The van der Waals surface area contributed by atoms with E-state index in [1.54, 1.807) is 6.20 Å². The molecule has 1 heterocycles. The molecule has 3 N–H and O–H groups in total. The van der Waals surface area contributed by atoms with Crippen molar-refractivity contribution in [3.63, 3.8) is 0 Å². The average molecular weight is 195 g/mol. The van der Waals surface area contributed by atoms with Crippen molar-refractivity contribution in [3.8, 4) is 0 Å². The first-order valence-electron chi connectivity index (χ1n) is 3.82. The van der Waals surface area contributed by atoms with Gasteiger partial charge < -0.3 is 10.8 Å². The molecule has 0 saturated heterocycles. The smallest absolute Gasteiger partial charge is 0.328 e. The van der Waals surface area contributed by atoms with Crippen molar-refractivity contribution in [2.75, 3.05) is 0 Å². The number of carbonyl (C=O) groups excluding carboxylic acids is 1. The predicted molar refractivity (Wildman–Crippen MR) is 47.5 cm³/mol. The van der Waals surface area contributed by atoms with Crippen molar-refractivity contribution in [2.45, 2.75) is 6.54 Å². The number of allylic oxidation sites excluding steroid dienone is 1.